The summed E-state index contributed by atoms with van der Waals surface area (Å²) in [6.45, 7) is 0. The Morgan fingerprint density at radius 1 is 1.62 bits per heavy atom. The van der Waals surface area contributed by atoms with Crippen molar-refractivity contribution in [2.45, 2.75) is 5.16 Å². The lowest BCUT2D eigenvalue weighted by atomic mass is 10.7. The van der Waals surface area contributed by atoms with Gasteiger partial charge in [-0.25, -0.2) is 9.97 Å². The molecule has 0 saturated carbocycles. The zero-order valence-corrected chi connectivity index (χ0v) is 11.0. The highest BCUT2D eigenvalue weighted by Crippen LogP contribution is 2.23. The second-order valence-electron chi connectivity index (χ2n) is 2.60. The van der Waals surface area contributed by atoms with Crippen LogP contribution in [0.15, 0.2) is 21.5 Å². The quantitative estimate of drug-likeness (QED) is 0.839. The van der Waals surface area contributed by atoms with Gasteiger partial charge in [-0.15, -0.1) is 0 Å². The van der Waals surface area contributed by atoms with E-state index < -0.39 is 0 Å². The number of halogens is 1. The lowest BCUT2D eigenvalue weighted by molar-refractivity contribution is -0.113. The molecule has 0 bridgehead atoms. The number of nitrogens with zero attached hydrogens (tertiary/aromatic N) is 3. The van der Waals surface area contributed by atoms with Crippen molar-refractivity contribution in [3.8, 4) is 0 Å². The summed E-state index contributed by atoms with van der Waals surface area (Å²) >= 11 is 5.92. The van der Waals surface area contributed by atoms with Crippen LogP contribution < -0.4 is 5.32 Å². The Labute approximate surface area is 107 Å². The van der Waals surface area contributed by atoms with E-state index >= 15 is 0 Å². The Hall–Kier alpha value is -0.930. The molecule has 0 aliphatic carbocycles. The molecule has 0 unspecified atom stereocenters. The minimum Gasteiger partial charge on any atom is -0.301 e. The van der Waals surface area contributed by atoms with Crippen molar-refractivity contribution in [3.05, 3.63) is 16.3 Å². The second kappa shape index (κ2) is 5.41. The smallest absolute Gasteiger partial charge is 0.236 e. The van der Waals surface area contributed by atoms with Crippen molar-refractivity contribution >= 4 is 50.1 Å². The van der Waals surface area contributed by atoms with Crippen LogP contribution in [0.1, 0.15) is 0 Å². The number of H-pyrrole nitrogens is 1. The number of carbonyl (C=O) groups is 1. The number of hydrogen-bond acceptors (Lipinski definition) is 6. The molecule has 84 valence electrons. The number of thioether (sulfide) groups is 1. The lowest BCUT2D eigenvalue weighted by Gasteiger charge is -1.98. The maximum atomic E-state index is 11.5. The molecule has 2 rings (SSSR count). The topological polar surface area (TPSA) is 83.6 Å². The molecule has 0 spiro atoms. The normalized spacial score (nSPS) is 10.3. The van der Waals surface area contributed by atoms with Crippen LogP contribution in [-0.2, 0) is 4.79 Å². The van der Waals surface area contributed by atoms with Crippen molar-refractivity contribution in [2.24, 2.45) is 0 Å². The van der Waals surface area contributed by atoms with Crippen molar-refractivity contribution in [1.82, 2.24) is 20.2 Å². The molecular weight excluding hydrogens is 314 g/mol. The van der Waals surface area contributed by atoms with Gasteiger partial charge in [-0.2, -0.15) is 5.10 Å². The number of thiazole rings is 1. The summed E-state index contributed by atoms with van der Waals surface area (Å²) in [4.78, 5) is 19.4. The molecule has 16 heavy (non-hydrogen) atoms. The zero-order valence-electron chi connectivity index (χ0n) is 7.81. The molecule has 6 nitrogen and oxygen atoms in total. The average Bonchev–Trinajstić information content (AvgIpc) is 2.87. The molecule has 0 fully saturated rings. The third kappa shape index (κ3) is 3.29. The third-order valence-electron chi connectivity index (χ3n) is 1.46. The largest absolute Gasteiger partial charge is 0.301 e. The number of rotatable bonds is 4. The Bertz CT molecular complexity index is 471. The summed E-state index contributed by atoms with van der Waals surface area (Å²) in [6.07, 6.45) is 3.04. The van der Waals surface area contributed by atoms with Crippen LogP contribution in [0.5, 0.6) is 0 Å². The number of anilines is 1. The molecule has 2 aromatic rings. The monoisotopic (exact) mass is 319 g/mol. The predicted molar refractivity (Wildman–Crippen MR) is 65.6 cm³/mol. The van der Waals surface area contributed by atoms with Crippen LogP contribution in [0.3, 0.4) is 0 Å². The van der Waals surface area contributed by atoms with E-state index in [4.69, 9.17) is 0 Å². The van der Waals surface area contributed by atoms with E-state index in [2.05, 4.69) is 41.4 Å². The number of aromatic amines is 1. The zero-order chi connectivity index (χ0) is 11.4. The summed E-state index contributed by atoms with van der Waals surface area (Å²) in [5.41, 5.74) is 0. The van der Waals surface area contributed by atoms with Gasteiger partial charge in [-0.1, -0.05) is 23.1 Å². The number of hydrogen-bond donors (Lipinski definition) is 2. The van der Waals surface area contributed by atoms with Gasteiger partial charge in [0.25, 0.3) is 0 Å². The van der Waals surface area contributed by atoms with E-state index in [0.29, 0.717) is 10.3 Å². The van der Waals surface area contributed by atoms with Gasteiger partial charge in [0.05, 0.1) is 15.7 Å². The first-order valence-electron chi connectivity index (χ1n) is 4.13. The highest BCUT2D eigenvalue weighted by molar-refractivity contribution is 9.11. The van der Waals surface area contributed by atoms with E-state index in [1.807, 2.05) is 0 Å². The molecule has 1 amide bonds. The van der Waals surface area contributed by atoms with Gasteiger partial charge in [-0.05, 0) is 15.9 Å². The molecule has 0 aliphatic rings. The summed E-state index contributed by atoms with van der Waals surface area (Å²) in [5, 5.41) is 10.2. The molecule has 2 heterocycles. The SMILES string of the molecule is O=C(CSc1ncn[nH]1)Nc1ncc(Br)s1. The minimum absolute atomic E-state index is 0.122. The first kappa shape index (κ1) is 11.6. The number of aromatic nitrogens is 4. The van der Waals surface area contributed by atoms with Crippen LogP contribution in [-0.4, -0.2) is 31.8 Å². The lowest BCUT2D eigenvalue weighted by Crippen LogP contribution is -2.13. The molecule has 0 radical (unpaired) electrons. The molecule has 0 atom stereocenters. The maximum Gasteiger partial charge on any atom is 0.236 e. The number of nitrogens with one attached hydrogen (secondary N) is 2. The minimum atomic E-state index is -0.122. The summed E-state index contributed by atoms with van der Waals surface area (Å²) < 4.78 is 0.880. The number of carbonyl (C=O) groups excluding carboxylic acids is 1. The number of amides is 1. The first-order valence-corrected chi connectivity index (χ1v) is 6.73. The Morgan fingerprint density at radius 3 is 3.12 bits per heavy atom. The highest BCUT2D eigenvalue weighted by atomic mass is 79.9. The third-order valence-corrected chi connectivity index (χ3v) is 3.72. The first-order chi connectivity index (χ1) is 7.74. The molecule has 0 aliphatic heterocycles. The van der Waals surface area contributed by atoms with Gasteiger partial charge in [0.2, 0.25) is 5.91 Å². The van der Waals surface area contributed by atoms with Gasteiger partial charge in [0, 0.05) is 0 Å². The standard InChI is InChI=1S/C7H6BrN5OS2/c8-4-1-9-6(16-4)12-5(14)2-15-7-10-3-11-13-7/h1,3H,2H2,(H,9,12,14)(H,10,11,13). The van der Waals surface area contributed by atoms with Gasteiger partial charge < -0.3 is 5.32 Å². The predicted octanol–water partition coefficient (Wildman–Crippen LogP) is 1.75. The van der Waals surface area contributed by atoms with Crippen LogP contribution >= 0.6 is 39.0 Å². The van der Waals surface area contributed by atoms with E-state index in [1.54, 1.807) is 6.20 Å². The van der Waals surface area contributed by atoms with Gasteiger partial charge in [0.15, 0.2) is 10.3 Å². The molecule has 9 heteroatoms. The van der Waals surface area contributed by atoms with Crippen LogP contribution in [0.4, 0.5) is 5.13 Å². The van der Waals surface area contributed by atoms with Crippen LogP contribution in [0.2, 0.25) is 0 Å². The molecule has 0 saturated heterocycles. The van der Waals surface area contributed by atoms with Crippen molar-refractivity contribution in [1.29, 1.82) is 0 Å². The van der Waals surface area contributed by atoms with Crippen LogP contribution in [0.25, 0.3) is 0 Å². The van der Waals surface area contributed by atoms with Crippen molar-refractivity contribution in [3.63, 3.8) is 0 Å². The molecule has 0 aromatic carbocycles. The summed E-state index contributed by atoms with van der Waals surface area (Å²) in [5.74, 6) is 0.148. The average molecular weight is 320 g/mol. The van der Waals surface area contributed by atoms with Gasteiger partial charge in [-0.3, -0.25) is 9.89 Å². The van der Waals surface area contributed by atoms with Gasteiger partial charge in [0.1, 0.15) is 6.33 Å². The molecule has 2 aromatic heterocycles. The summed E-state index contributed by atoms with van der Waals surface area (Å²) in [7, 11) is 0. The molecular formula is C7H6BrN5OS2. The van der Waals surface area contributed by atoms with E-state index in [0.717, 1.165) is 3.79 Å². The van der Waals surface area contributed by atoms with E-state index in [-0.39, 0.29) is 11.7 Å². The van der Waals surface area contributed by atoms with Crippen molar-refractivity contribution < 1.29 is 4.79 Å². The van der Waals surface area contributed by atoms with Crippen LogP contribution in [0, 0.1) is 0 Å². The maximum absolute atomic E-state index is 11.5. The second-order valence-corrected chi connectivity index (χ2v) is 5.97. The molecule has 2 N–H and O–H groups in total. The van der Waals surface area contributed by atoms with Gasteiger partial charge >= 0.3 is 0 Å². The van der Waals surface area contributed by atoms with E-state index in [9.17, 15) is 4.79 Å². The Balaban J connectivity index is 1.81. The fourth-order valence-corrected chi connectivity index (χ4v) is 2.57. The Morgan fingerprint density at radius 2 is 2.50 bits per heavy atom. The highest BCUT2D eigenvalue weighted by Gasteiger charge is 2.07. The van der Waals surface area contributed by atoms with E-state index in [1.165, 1.54) is 29.4 Å². The summed E-state index contributed by atoms with van der Waals surface area (Å²) in [6, 6.07) is 0. The fraction of sp³-hybridized carbons (Fsp3) is 0.143. The van der Waals surface area contributed by atoms with Crippen molar-refractivity contribution in [2.75, 3.05) is 11.1 Å². The Kier molecular flexibility index (Phi) is 3.91. The fourth-order valence-electron chi connectivity index (χ4n) is 0.865.